The van der Waals surface area contributed by atoms with E-state index in [9.17, 15) is 20.2 Å². The number of non-ortho nitro benzene ring substituents is 2. The molecule has 2 aromatic carbocycles. The maximum Gasteiger partial charge on any atom is 0.269 e. The number of carboxylic acids is 2. The van der Waals surface area contributed by atoms with Gasteiger partial charge in [-0.15, -0.1) is 0 Å². The van der Waals surface area contributed by atoms with Gasteiger partial charge in [0.05, 0.1) is 61.1 Å². The van der Waals surface area contributed by atoms with Crippen LogP contribution in [0.5, 0.6) is 0 Å². The third kappa shape index (κ3) is 27.7. The van der Waals surface area contributed by atoms with Crippen molar-refractivity contribution in [3.05, 3.63) is 79.9 Å². The molecular weight excluding hydrogens is 688 g/mol. The van der Waals surface area contributed by atoms with Crippen LogP contribution in [0.25, 0.3) is 0 Å². The molecule has 2 aromatic rings. The zero-order valence-electron chi connectivity index (χ0n) is 33.7. The zero-order chi connectivity index (χ0) is 40.4. The third-order valence-electron chi connectivity index (χ3n) is 9.72. The summed E-state index contributed by atoms with van der Waals surface area (Å²) < 4.78 is 0. The number of benzene rings is 2. The van der Waals surface area contributed by atoms with Crippen molar-refractivity contribution in [3.8, 4) is 0 Å². The van der Waals surface area contributed by atoms with E-state index in [4.69, 9.17) is 19.8 Å². The number of rotatable bonds is 28. The number of quaternary nitrogens is 2. The predicted octanol–water partition coefficient (Wildman–Crippen LogP) is 4.85. The topological polar surface area (TPSA) is 175 Å². The number of nitrogens with zero attached hydrogens (tertiary/aromatic N) is 2. The van der Waals surface area contributed by atoms with Crippen molar-refractivity contribution in [1.82, 2.24) is 0 Å². The maximum atomic E-state index is 10.6. The van der Waals surface area contributed by atoms with Gasteiger partial charge in [-0.1, -0.05) is 89.5 Å². The zero-order valence-corrected chi connectivity index (χ0v) is 33.7. The molecule has 54 heavy (non-hydrogen) atoms. The van der Waals surface area contributed by atoms with E-state index in [-0.39, 0.29) is 21.2 Å². The van der Waals surface area contributed by atoms with E-state index in [1.807, 2.05) is 24.3 Å². The molecule has 12 heteroatoms. The van der Waals surface area contributed by atoms with Crippen molar-refractivity contribution in [2.24, 2.45) is 0 Å². The molecule has 0 amide bonds. The van der Waals surface area contributed by atoms with E-state index in [0.29, 0.717) is 0 Å². The number of unbranched alkanes of at least 4 members (excludes halogenated alkanes) is 12. The van der Waals surface area contributed by atoms with Crippen molar-refractivity contribution < 1.29 is 39.4 Å². The highest BCUT2D eigenvalue weighted by Gasteiger charge is 2.08. The molecule has 2 atom stereocenters. The van der Waals surface area contributed by atoms with Crippen molar-refractivity contribution in [2.45, 2.75) is 143 Å². The van der Waals surface area contributed by atoms with Gasteiger partial charge in [0, 0.05) is 24.3 Å². The van der Waals surface area contributed by atoms with E-state index in [0.717, 1.165) is 25.7 Å². The van der Waals surface area contributed by atoms with Gasteiger partial charge in [-0.3, -0.25) is 20.2 Å². The molecule has 12 nitrogen and oxygen atoms in total. The molecule has 0 aliphatic heterocycles. The highest BCUT2D eigenvalue weighted by Crippen LogP contribution is 2.14. The number of carboxylic acid groups (broad SMARTS) is 2. The number of carbonyl (C=O) groups excluding carboxylic acids is 2. The first-order chi connectivity index (χ1) is 26.0. The second-order valence-electron chi connectivity index (χ2n) is 14.1. The summed E-state index contributed by atoms with van der Waals surface area (Å²) in [6, 6.07) is 14.0. The monoisotopic (exact) mass is 759 g/mol. The minimum Gasteiger partial charge on any atom is -0.543 e. The Kier molecular flexibility index (Phi) is 31.2. The van der Waals surface area contributed by atoms with Gasteiger partial charge >= 0.3 is 0 Å². The van der Waals surface area contributed by atoms with Gasteiger partial charge < -0.3 is 29.6 Å². The van der Waals surface area contributed by atoms with Crippen LogP contribution in [0, 0.1) is 20.2 Å². The summed E-state index contributed by atoms with van der Waals surface area (Å²) in [6.45, 7) is 16.6. The number of aryl methyl sites for hydroxylation is 2. The quantitative estimate of drug-likeness (QED) is 0.0536. The minimum atomic E-state index is -2.19. The van der Waals surface area contributed by atoms with Gasteiger partial charge in [-0.2, -0.15) is 0 Å². The lowest BCUT2D eigenvalue weighted by Crippen LogP contribution is -3.11. The van der Waals surface area contributed by atoms with Crippen molar-refractivity contribution in [2.75, 3.05) is 39.3 Å². The van der Waals surface area contributed by atoms with Crippen LogP contribution in [0.3, 0.4) is 0 Å². The lowest BCUT2D eigenvalue weighted by atomic mass is 10.1. The number of nitrogens with one attached hydrogen (secondary N) is 2. The summed E-state index contributed by atoms with van der Waals surface area (Å²) >= 11 is 0. The molecular formula is C42H70N4O8. The van der Waals surface area contributed by atoms with Crippen LogP contribution < -0.4 is 20.0 Å². The second kappa shape index (κ2) is 33.7. The Balaban J connectivity index is 0.000000903. The molecule has 0 aliphatic carbocycles. The minimum absolute atomic E-state index is 0.180. The van der Waals surface area contributed by atoms with Gasteiger partial charge in [0.15, 0.2) is 0 Å². The third-order valence-corrected chi connectivity index (χ3v) is 9.72. The van der Waals surface area contributed by atoms with Gasteiger partial charge in [-0.05, 0) is 89.2 Å². The fraction of sp³-hybridized carbons (Fsp3) is 0.667. The average Bonchev–Trinajstić information content (AvgIpc) is 3.16. The van der Waals surface area contributed by atoms with Crippen LogP contribution in [-0.4, -0.2) is 61.1 Å². The fourth-order valence-electron chi connectivity index (χ4n) is 6.24. The molecule has 0 radical (unpaired) electrons. The standard InChI is InChI=1S/2C20H34N2O2.C2H2O4/c2*1-3-5-6-7-8-10-17-21(4-2)18-11-9-12-19-13-15-20(16-14-19)22(23)24;3-1(4)2(5)6/h2*13-16H,3-12,17-18H2,1-2H3;(H,3,4)(H,5,6). The molecule has 2 rings (SSSR count). The fourth-order valence-corrected chi connectivity index (χ4v) is 6.24. The van der Waals surface area contributed by atoms with Gasteiger partial charge in [0.25, 0.3) is 11.4 Å². The Hall–Kier alpha value is -3.90. The van der Waals surface area contributed by atoms with Gasteiger partial charge in [0.1, 0.15) is 0 Å². The van der Waals surface area contributed by atoms with Gasteiger partial charge in [-0.25, -0.2) is 0 Å². The molecule has 0 heterocycles. The van der Waals surface area contributed by atoms with Crippen molar-refractivity contribution in [1.29, 1.82) is 0 Å². The maximum absolute atomic E-state index is 10.6. The summed E-state index contributed by atoms with van der Waals surface area (Å²) in [7, 11) is 0. The molecule has 0 fully saturated rings. The molecule has 306 valence electrons. The molecule has 0 saturated heterocycles. The first-order valence-electron chi connectivity index (χ1n) is 20.5. The van der Waals surface area contributed by atoms with Crippen LogP contribution in [0.4, 0.5) is 11.4 Å². The number of nitro benzene ring substituents is 2. The lowest BCUT2D eigenvalue weighted by Gasteiger charge is -2.17. The molecule has 2 N–H and O–H groups in total. The molecule has 0 saturated carbocycles. The van der Waals surface area contributed by atoms with Crippen LogP contribution in [-0.2, 0) is 22.4 Å². The molecule has 0 aromatic heterocycles. The van der Waals surface area contributed by atoms with E-state index >= 15 is 0 Å². The normalized spacial score (nSPS) is 11.7. The van der Waals surface area contributed by atoms with Crippen LogP contribution in [0.15, 0.2) is 48.5 Å². The summed E-state index contributed by atoms with van der Waals surface area (Å²) in [5.41, 5.74) is 2.77. The second-order valence-corrected chi connectivity index (χ2v) is 14.1. The van der Waals surface area contributed by atoms with E-state index in [2.05, 4.69) is 27.7 Å². The van der Waals surface area contributed by atoms with E-state index < -0.39 is 11.9 Å². The Labute approximate surface area is 324 Å². The number of nitro groups is 2. The predicted molar refractivity (Wildman–Crippen MR) is 211 cm³/mol. The first-order valence-corrected chi connectivity index (χ1v) is 20.5. The lowest BCUT2D eigenvalue weighted by molar-refractivity contribution is -0.898. The molecule has 2 unspecified atom stereocenters. The molecule has 0 bridgehead atoms. The number of carbonyl (C=O) groups is 2. The van der Waals surface area contributed by atoms with Crippen LogP contribution in [0.1, 0.15) is 142 Å². The van der Waals surface area contributed by atoms with Gasteiger partial charge in [0.2, 0.25) is 0 Å². The number of hydrogen-bond acceptors (Lipinski definition) is 8. The van der Waals surface area contributed by atoms with Crippen molar-refractivity contribution >= 4 is 23.3 Å². The summed E-state index contributed by atoms with van der Waals surface area (Å²) in [5, 5.41) is 39.1. The van der Waals surface area contributed by atoms with Crippen LogP contribution in [0.2, 0.25) is 0 Å². The average molecular weight is 759 g/mol. The highest BCUT2D eigenvalue weighted by molar-refractivity contribution is 6.25. The molecule has 0 spiro atoms. The Morgan fingerprint density at radius 3 is 1.00 bits per heavy atom. The van der Waals surface area contributed by atoms with Crippen LogP contribution >= 0.6 is 0 Å². The SMILES string of the molecule is CCCCCCCC[NH+](CC)CCCCc1ccc([N+](=O)[O-])cc1.CCCCCCCC[NH+](CC)CCCCc1ccc([N+](=O)[O-])cc1.O=C([O-])C(=O)[O-]. The molecule has 0 aliphatic rings. The Morgan fingerprint density at radius 1 is 0.463 bits per heavy atom. The summed E-state index contributed by atoms with van der Waals surface area (Å²) in [6.07, 6.45) is 23.3. The smallest absolute Gasteiger partial charge is 0.269 e. The highest BCUT2D eigenvalue weighted by atomic mass is 16.6. The summed E-state index contributed by atoms with van der Waals surface area (Å²) in [5.74, 6) is -4.37. The van der Waals surface area contributed by atoms with E-state index in [1.165, 1.54) is 140 Å². The van der Waals surface area contributed by atoms with E-state index in [1.54, 1.807) is 34.1 Å². The number of hydrogen-bond donors (Lipinski definition) is 2. The van der Waals surface area contributed by atoms with Crippen molar-refractivity contribution in [3.63, 3.8) is 0 Å². The summed E-state index contributed by atoms with van der Waals surface area (Å²) in [4.78, 5) is 41.9. The first kappa shape index (κ1) is 50.1. The Morgan fingerprint density at radius 2 is 0.741 bits per heavy atom. The Bertz CT molecular complexity index is 1160. The number of aliphatic carboxylic acids is 2. The largest absolute Gasteiger partial charge is 0.543 e.